The molecule has 0 aliphatic carbocycles. The Kier molecular flexibility index (Phi) is 7.77. The Morgan fingerprint density at radius 2 is 1.88 bits per heavy atom. The molecule has 4 rings (SSSR count). The van der Waals surface area contributed by atoms with Crippen molar-refractivity contribution in [2.75, 3.05) is 13.2 Å². The molecule has 9 heteroatoms. The predicted molar refractivity (Wildman–Crippen MR) is 130 cm³/mol. The smallest absolute Gasteiger partial charge is 0.233 e. The van der Waals surface area contributed by atoms with Gasteiger partial charge in [0.05, 0.1) is 17.5 Å². The highest BCUT2D eigenvalue weighted by Crippen LogP contribution is 2.31. The van der Waals surface area contributed by atoms with Crippen molar-refractivity contribution >= 4 is 29.3 Å². The quantitative estimate of drug-likeness (QED) is 0.484. The Hall–Kier alpha value is -2.71. The fourth-order valence-corrected chi connectivity index (χ4v) is 4.86. The van der Waals surface area contributed by atoms with Crippen LogP contribution in [0.3, 0.4) is 0 Å². The minimum atomic E-state index is -0.212. The normalized spacial score (nSPS) is 16.2. The maximum absolute atomic E-state index is 12.5. The van der Waals surface area contributed by atoms with Gasteiger partial charge in [0.25, 0.3) is 0 Å². The number of aromatic nitrogens is 3. The maximum Gasteiger partial charge on any atom is 0.233 e. The van der Waals surface area contributed by atoms with Crippen LogP contribution in [0.15, 0.2) is 47.6 Å². The van der Waals surface area contributed by atoms with Gasteiger partial charge in [-0.05, 0) is 68.7 Å². The lowest BCUT2D eigenvalue weighted by Gasteiger charge is -2.15. The number of carbonyl (C=O) groups excluding carboxylic acids is 1. The van der Waals surface area contributed by atoms with Crippen LogP contribution in [0.2, 0.25) is 5.02 Å². The van der Waals surface area contributed by atoms with Crippen molar-refractivity contribution in [1.29, 1.82) is 0 Å². The van der Waals surface area contributed by atoms with E-state index in [2.05, 4.69) is 15.5 Å². The molecule has 0 radical (unpaired) electrons. The van der Waals surface area contributed by atoms with E-state index >= 15 is 0 Å². The van der Waals surface area contributed by atoms with Crippen molar-refractivity contribution in [3.8, 4) is 17.2 Å². The molecular formula is C24H27ClN4O3S. The van der Waals surface area contributed by atoms with Gasteiger partial charge in [-0.1, -0.05) is 35.9 Å². The second-order valence-corrected chi connectivity index (χ2v) is 9.33. The number of aryl methyl sites for hydroxylation is 1. The van der Waals surface area contributed by atoms with E-state index in [4.69, 9.17) is 21.1 Å². The number of thioether (sulfide) groups is 1. The van der Waals surface area contributed by atoms with Gasteiger partial charge in [-0.25, -0.2) is 0 Å². The summed E-state index contributed by atoms with van der Waals surface area (Å²) in [5.41, 5.74) is 1.82. The van der Waals surface area contributed by atoms with Gasteiger partial charge >= 0.3 is 0 Å². The van der Waals surface area contributed by atoms with E-state index in [0.717, 1.165) is 42.8 Å². The lowest BCUT2D eigenvalue weighted by atomic mass is 10.2. The third-order valence-corrected chi connectivity index (χ3v) is 6.97. The van der Waals surface area contributed by atoms with Crippen LogP contribution in [0.4, 0.5) is 0 Å². The van der Waals surface area contributed by atoms with Crippen LogP contribution in [0.25, 0.3) is 5.69 Å². The first-order valence-electron chi connectivity index (χ1n) is 11.1. The van der Waals surface area contributed by atoms with Crippen LogP contribution in [0.1, 0.15) is 37.6 Å². The molecular weight excluding hydrogens is 460 g/mol. The van der Waals surface area contributed by atoms with Crippen LogP contribution in [0, 0.1) is 6.92 Å². The van der Waals surface area contributed by atoms with Gasteiger partial charge in [-0.2, -0.15) is 0 Å². The third kappa shape index (κ3) is 5.81. The Morgan fingerprint density at radius 1 is 1.12 bits per heavy atom. The molecule has 2 aromatic carbocycles. The monoisotopic (exact) mass is 486 g/mol. The van der Waals surface area contributed by atoms with Crippen molar-refractivity contribution in [3.63, 3.8) is 0 Å². The number of amides is 1. The average molecular weight is 487 g/mol. The first-order valence-corrected chi connectivity index (χ1v) is 12.3. The lowest BCUT2D eigenvalue weighted by molar-refractivity contribution is -0.120. The molecule has 1 saturated heterocycles. The van der Waals surface area contributed by atoms with Crippen molar-refractivity contribution in [2.45, 2.75) is 50.1 Å². The topological polar surface area (TPSA) is 78.3 Å². The molecule has 1 amide bonds. The summed E-state index contributed by atoms with van der Waals surface area (Å²) in [6.45, 7) is 5.45. The van der Waals surface area contributed by atoms with Crippen LogP contribution in [0.5, 0.6) is 11.5 Å². The SMILES string of the molecule is CCOc1ccc(OCc2nnc(SC3CCCCNC3=O)n2-c2ccc(C)c(Cl)c2)cc1. The van der Waals surface area contributed by atoms with E-state index in [0.29, 0.717) is 28.4 Å². The maximum atomic E-state index is 12.5. The van der Waals surface area contributed by atoms with Crippen LogP contribution >= 0.6 is 23.4 Å². The fourth-order valence-electron chi connectivity index (χ4n) is 3.55. The number of hydrogen-bond acceptors (Lipinski definition) is 6. The highest BCUT2D eigenvalue weighted by Gasteiger charge is 2.26. The standard InChI is InChI=1S/C24H27ClN4O3S/c1-3-31-18-9-11-19(12-10-18)32-15-22-27-28-24(33-21-6-4-5-13-26-23(21)30)29(22)17-8-7-16(2)20(25)14-17/h7-12,14,21H,3-6,13,15H2,1-2H3,(H,26,30). The minimum Gasteiger partial charge on any atom is -0.494 e. The van der Waals surface area contributed by atoms with Crippen molar-refractivity contribution in [3.05, 3.63) is 58.9 Å². The van der Waals surface area contributed by atoms with Crippen molar-refractivity contribution in [1.82, 2.24) is 20.1 Å². The third-order valence-electron chi connectivity index (χ3n) is 5.35. The summed E-state index contributed by atoms with van der Waals surface area (Å²) in [4.78, 5) is 12.5. The van der Waals surface area contributed by atoms with E-state index in [1.54, 1.807) is 0 Å². The number of nitrogens with zero attached hydrogens (tertiary/aromatic N) is 3. The van der Waals surface area contributed by atoms with E-state index in [9.17, 15) is 4.79 Å². The van der Waals surface area contributed by atoms with Gasteiger partial charge in [0.15, 0.2) is 11.0 Å². The summed E-state index contributed by atoms with van der Waals surface area (Å²) < 4.78 is 13.4. The zero-order valence-electron chi connectivity index (χ0n) is 18.7. The van der Waals surface area contributed by atoms with Crippen LogP contribution in [-0.2, 0) is 11.4 Å². The number of benzene rings is 2. The lowest BCUT2D eigenvalue weighted by Crippen LogP contribution is -2.30. The zero-order chi connectivity index (χ0) is 23.2. The molecule has 2 heterocycles. The molecule has 7 nitrogen and oxygen atoms in total. The fraction of sp³-hybridized carbons (Fsp3) is 0.375. The number of rotatable bonds is 8. The Labute approximate surface area is 202 Å². The number of hydrogen-bond donors (Lipinski definition) is 1. The molecule has 0 saturated carbocycles. The summed E-state index contributed by atoms with van der Waals surface area (Å²) in [5.74, 6) is 2.16. The average Bonchev–Trinajstić information content (AvgIpc) is 3.10. The van der Waals surface area contributed by atoms with Gasteiger partial charge in [0, 0.05) is 11.6 Å². The van der Waals surface area contributed by atoms with Gasteiger partial charge < -0.3 is 14.8 Å². The summed E-state index contributed by atoms with van der Waals surface area (Å²) in [7, 11) is 0. The minimum absolute atomic E-state index is 0.0428. The number of nitrogens with one attached hydrogen (secondary N) is 1. The molecule has 0 spiro atoms. The molecule has 1 aliphatic rings. The van der Waals surface area contributed by atoms with Crippen molar-refractivity contribution in [2.24, 2.45) is 0 Å². The molecule has 33 heavy (non-hydrogen) atoms. The summed E-state index contributed by atoms with van der Waals surface area (Å²) in [6.07, 6.45) is 2.79. The second kappa shape index (κ2) is 10.9. The summed E-state index contributed by atoms with van der Waals surface area (Å²) >= 11 is 7.85. The highest BCUT2D eigenvalue weighted by atomic mass is 35.5. The molecule has 1 aromatic heterocycles. The van der Waals surface area contributed by atoms with Gasteiger partial charge in [-0.3, -0.25) is 9.36 Å². The Morgan fingerprint density at radius 3 is 2.61 bits per heavy atom. The van der Waals surface area contributed by atoms with E-state index in [1.807, 2.05) is 60.9 Å². The molecule has 174 valence electrons. The molecule has 3 aromatic rings. The van der Waals surface area contributed by atoms with Gasteiger partial charge in [-0.15, -0.1) is 10.2 Å². The Bertz CT molecular complexity index is 1100. The van der Waals surface area contributed by atoms with Gasteiger partial charge in [0.2, 0.25) is 5.91 Å². The molecule has 1 unspecified atom stereocenters. The number of carbonyl (C=O) groups is 1. The largest absolute Gasteiger partial charge is 0.494 e. The molecule has 1 fully saturated rings. The molecule has 1 atom stereocenters. The zero-order valence-corrected chi connectivity index (χ0v) is 20.3. The first-order chi connectivity index (χ1) is 16.0. The first kappa shape index (κ1) is 23.4. The Balaban J connectivity index is 1.60. The predicted octanol–water partition coefficient (Wildman–Crippen LogP) is 4.97. The molecule has 0 bridgehead atoms. The number of ether oxygens (including phenoxy) is 2. The number of halogens is 1. The van der Waals surface area contributed by atoms with E-state index < -0.39 is 0 Å². The molecule has 1 N–H and O–H groups in total. The summed E-state index contributed by atoms with van der Waals surface area (Å²) in [5, 5.41) is 12.9. The van der Waals surface area contributed by atoms with E-state index in [1.165, 1.54) is 11.8 Å². The summed E-state index contributed by atoms with van der Waals surface area (Å²) in [6, 6.07) is 13.3. The van der Waals surface area contributed by atoms with Crippen LogP contribution < -0.4 is 14.8 Å². The van der Waals surface area contributed by atoms with E-state index in [-0.39, 0.29) is 17.8 Å². The highest BCUT2D eigenvalue weighted by molar-refractivity contribution is 8.00. The molecule has 1 aliphatic heterocycles. The van der Waals surface area contributed by atoms with Gasteiger partial charge in [0.1, 0.15) is 18.1 Å². The van der Waals surface area contributed by atoms with Crippen LogP contribution in [-0.4, -0.2) is 39.1 Å². The second-order valence-electron chi connectivity index (χ2n) is 7.75. The van der Waals surface area contributed by atoms with Crippen molar-refractivity contribution < 1.29 is 14.3 Å².